The molecule has 10 nitrogen and oxygen atoms in total. The fraction of sp³-hybridized carbons (Fsp3) is 1.00. The van der Waals surface area contributed by atoms with E-state index in [1.807, 2.05) is 5.12 Å². The maximum absolute atomic E-state index is 5.83. The number of nitrogens with one attached hydrogen (secondary N) is 3. The summed E-state index contributed by atoms with van der Waals surface area (Å²) in [6.45, 7) is 11.3. The third kappa shape index (κ3) is 12.7. The SMILES string of the molecule is CC(C)N(CCN)NN(CCNCCN)NCCN(N)CCN. The van der Waals surface area contributed by atoms with Gasteiger partial charge in [-0.2, -0.15) is 10.7 Å². The number of nitrogens with two attached hydrogens (primary N) is 4. The summed E-state index contributed by atoms with van der Waals surface area (Å²) in [4.78, 5) is 0. The quantitative estimate of drug-likeness (QED) is 0.0863. The lowest BCUT2D eigenvalue weighted by Gasteiger charge is -2.34. The van der Waals surface area contributed by atoms with Crippen LogP contribution in [0.1, 0.15) is 13.8 Å². The Morgan fingerprint density at radius 1 is 0.826 bits per heavy atom. The molecule has 10 heteroatoms. The van der Waals surface area contributed by atoms with Crippen LogP contribution in [0.2, 0.25) is 0 Å². The topological polar surface area (TPSA) is 150 Å². The standard InChI is InChI=1S/C13H38N10/c1-13(2)22(10-5-16)20-23(12-7-18-6-3-14)19-8-11-21(17)9-4-15/h13,18-20H,3-12,14-17H2,1-2H3. The number of hydrogen-bond acceptors (Lipinski definition) is 10. The van der Waals surface area contributed by atoms with Crippen molar-refractivity contribution in [3.05, 3.63) is 0 Å². The highest BCUT2D eigenvalue weighted by Gasteiger charge is 2.12. The summed E-state index contributed by atoms with van der Waals surface area (Å²) in [6, 6.07) is 0.336. The Kier molecular flexibility index (Phi) is 14.9. The van der Waals surface area contributed by atoms with Gasteiger partial charge in [0.05, 0.1) is 0 Å². The summed E-state index contributed by atoms with van der Waals surface area (Å²) in [5, 5.41) is 9.03. The van der Waals surface area contributed by atoms with Gasteiger partial charge < -0.3 is 22.5 Å². The molecule has 0 aliphatic carbocycles. The van der Waals surface area contributed by atoms with Crippen molar-refractivity contribution in [3.8, 4) is 0 Å². The van der Waals surface area contributed by atoms with Crippen molar-refractivity contribution >= 4 is 0 Å². The van der Waals surface area contributed by atoms with Crippen molar-refractivity contribution in [2.75, 3.05) is 65.4 Å². The van der Waals surface area contributed by atoms with Gasteiger partial charge in [-0.3, -0.25) is 5.84 Å². The number of hydrogen-bond donors (Lipinski definition) is 7. The first-order valence-corrected chi connectivity index (χ1v) is 8.39. The Balaban J connectivity index is 4.30. The fourth-order valence-corrected chi connectivity index (χ4v) is 1.91. The lowest BCUT2D eigenvalue weighted by Crippen LogP contribution is -2.61. The summed E-state index contributed by atoms with van der Waals surface area (Å²) in [5.41, 5.74) is 23.3. The van der Waals surface area contributed by atoms with Crippen LogP contribution < -0.4 is 39.3 Å². The maximum atomic E-state index is 5.83. The zero-order chi connectivity index (χ0) is 17.5. The van der Waals surface area contributed by atoms with Crippen LogP contribution in [0.15, 0.2) is 0 Å². The minimum Gasteiger partial charge on any atom is -0.329 e. The molecule has 0 amide bonds. The molecule has 11 N–H and O–H groups in total. The molecule has 0 radical (unpaired) electrons. The molecule has 0 aromatic heterocycles. The summed E-state index contributed by atoms with van der Waals surface area (Å²) < 4.78 is 0. The van der Waals surface area contributed by atoms with E-state index in [0.717, 1.165) is 32.7 Å². The molecule has 0 aliphatic heterocycles. The monoisotopic (exact) mass is 334 g/mol. The Labute approximate surface area is 140 Å². The molecule has 0 spiro atoms. The summed E-state index contributed by atoms with van der Waals surface area (Å²) in [6.07, 6.45) is 0. The molecule has 0 aliphatic rings. The van der Waals surface area contributed by atoms with Crippen LogP contribution in [0.4, 0.5) is 0 Å². The molecule has 0 rings (SSSR count). The molecule has 0 fully saturated rings. The molecule has 23 heavy (non-hydrogen) atoms. The normalized spacial score (nSPS) is 12.3. The first-order valence-electron chi connectivity index (χ1n) is 8.39. The van der Waals surface area contributed by atoms with Gasteiger partial charge in [0.1, 0.15) is 0 Å². The molecule has 0 atom stereocenters. The van der Waals surface area contributed by atoms with Crippen molar-refractivity contribution in [1.29, 1.82) is 0 Å². The van der Waals surface area contributed by atoms with Gasteiger partial charge in [0, 0.05) is 71.5 Å². The minimum atomic E-state index is 0.336. The van der Waals surface area contributed by atoms with Crippen LogP contribution in [0.25, 0.3) is 0 Å². The van der Waals surface area contributed by atoms with Crippen molar-refractivity contribution in [3.63, 3.8) is 0 Å². The summed E-state index contributed by atoms with van der Waals surface area (Å²) >= 11 is 0. The highest BCUT2D eigenvalue weighted by atomic mass is 15.9. The minimum absolute atomic E-state index is 0.336. The van der Waals surface area contributed by atoms with E-state index < -0.39 is 0 Å². The van der Waals surface area contributed by atoms with Gasteiger partial charge in [-0.1, -0.05) is 0 Å². The second-order valence-corrected chi connectivity index (χ2v) is 5.60. The first-order chi connectivity index (χ1) is 11.0. The van der Waals surface area contributed by atoms with Gasteiger partial charge in [0.2, 0.25) is 0 Å². The van der Waals surface area contributed by atoms with E-state index in [0.29, 0.717) is 38.8 Å². The van der Waals surface area contributed by atoms with Gasteiger partial charge in [-0.15, -0.1) is 0 Å². The molecular formula is C13H38N10. The highest BCUT2D eigenvalue weighted by molar-refractivity contribution is 4.60. The predicted molar refractivity (Wildman–Crippen MR) is 95.5 cm³/mol. The van der Waals surface area contributed by atoms with Crippen molar-refractivity contribution < 1.29 is 0 Å². The van der Waals surface area contributed by atoms with Crippen LogP contribution in [-0.4, -0.2) is 86.6 Å². The van der Waals surface area contributed by atoms with E-state index in [9.17, 15) is 0 Å². The molecule has 0 bridgehead atoms. The Morgan fingerprint density at radius 3 is 2.09 bits per heavy atom. The van der Waals surface area contributed by atoms with Crippen LogP contribution in [-0.2, 0) is 0 Å². The van der Waals surface area contributed by atoms with Crippen molar-refractivity contribution in [2.24, 2.45) is 23.0 Å². The second-order valence-electron chi connectivity index (χ2n) is 5.60. The van der Waals surface area contributed by atoms with E-state index in [-0.39, 0.29) is 0 Å². The third-order valence-electron chi connectivity index (χ3n) is 3.19. The molecule has 0 aromatic carbocycles. The summed E-state index contributed by atoms with van der Waals surface area (Å²) in [5.74, 6) is 5.83. The zero-order valence-corrected chi connectivity index (χ0v) is 14.8. The van der Waals surface area contributed by atoms with Crippen LogP contribution >= 0.6 is 0 Å². The molecule has 0 unspecified atom stereocenters. The Morgan fingerprint density at radius 2 is 1.52 bits per heavy atom. The molecule has 0 saturated carbocycles. The Bertz CT molecular complexity index is 253. The third-order valence-corrected chi connectivity index (χ3v) is 3.19. The van der Waals surface area contributed by atoms with E-state index in [4.69, 9.17) is 23.0 Å². The van der Waals surface area contributed by atoms with Crippen molar-refractivity contribution in [2.45, 2.75) is 19.9 Å². The van der Waals surface area contributed by atoms with Gasteiger partial charge >= 0.3 is 0 Å². The van der Waals surface area contributed by atoms with Crippen LogP contribution in [0.5, 0.6) is 0 Å². The second kappa shape index (κ2) is 15.1. The van der Waals surface area contributed by atoms with Crippen LogP contribution in [0.3, 0.4) is 0 Å². The lowest BCUT2D eigenvalue weighted by molar-refractivity contribution is -0.0315. The zero-order valence-electron chi connectivity index (χ0n) is 14.8. The largest absolute Gasteiger partial charge is 0.329 e. The highest BCUT2D eigenvalue weighted by Crippen LogP contribution is 1.93. The predicted octanol–water partition coefficient (Wildman–Crippen LogP) is -3.44. The molecule has 0 saturated heterocycles. The van der Waals surface area contributed by atoms with Gasteiger partial charge in [0.15, 0.2) is 0 Å². The first kappa shape index (κ1) is 22.6. The van der Waals surface area contributed by atoms with E-state index >= 15 is 0 Å². The maximum Gasteiger partial charge on any atom is 0.0427 e. The number of rotatable bonds is 16. The molecule has 140 valence electrons. The van der Waals surface area contributed by atoms with Gasteiger partial charge in [-0.05, 0) is 13.8 Å². The van der Waals surface area contributed by atoms with E-state index in [1.54, 1.807) is 5.01 Å². The van der Waals surface area contributed by atoms with E-state index in [1.165, 1.54) is 0 Å². The molecule has 0 aromatic rings. The lowest BCUT2D eigenvalue weighted by atomic mass is 10.4. The molecular weight excluding hydrogens is 296 g/mol. The number of nitrogens with zero attached hydrogens (tertiary/aromatic N) is 3. The average molecular weight is 335 g/mol. The number of hydrazine groups is 4. The molecule has 0 heterocycles. The van der Waals surface area contributed by atoms with Crippen LogP contribution in [0, 0.1) is 0 Å². The van der Waals surface area contributed by atoms with E-state index in [2.05, 4.69) is 35.1 Å². The van der Waals surface area contributed by atoms with Crippen molar-refractivity contribution in [1.82, 2.24) is 31.4 Å². The van der Waals surface area contributed by atoms with Gasteiger partial charge in [-0.25, -0.2) is 15.4 Å². The smallest absolute Gasteiger partial charge is 0.0427 e. The van der Waals surface area contributed by atoms with Gasteiger partial charge in [0.25, 0.3) is 0 Å². The fourth-order valence-electron chi connectivity index (χ4n) is 1.91. The Hall–Kier alpha value is -0.400. The summed E-state index contributed by atoms with van der Waals surface area (Å²) in [7, 11) is 0. The average Bonchev–Trinajstić information content (AvgIpc) is 2.50.